The first kappa shape index (κ1) is 10.9. The third-order valence-electron chi connectivity index (χ3n) is 2.59. The molecule has 3 nitrogen and oxygen atoms in total. The predicted octanol–water partition coefficient (Wildman–Crippen LogP) is 1.85. The van der Waals surface area contributed by atoms with Crippen LogP contribution in [0, 0.1) is 0 Å². The minimum absolute atomic E-state index is 0.349. The summed E-state index contributed by atoms with van der Waals surface area (Å²) in [6.45, 7) is 3.86. The van der Waals surface area contributed by atoms with Crippen LogP contribution in [0.5, 0.6) is 0 Å². The van der Waals surface area contributed by atoms with Crippen molar-refractivity contribution in [2.45, 2.75) is 23.2 Å². The van der Waals surface area contributed by atoms with Crippen molar-refractivity contribution in [1.29, 1.82) is 0 Å². The van der Waals surface area contributed by atoms with Gasteiger partial charge in [0.25, 0.3) is 0 Å². The molecular formula is C11H16N2OS. The molecule has 82 valence electrons. The molecule has 0 bridgehead atoms. The number of hydrogen-bond donors (Lipinski definition) is 1. The van der Waals surface area contributed by atoms with Crippen molar-refractivity contribution in [2.75, 3.05) is 20.3 Å². The topological polar surface area (TPSA) is 34.2 Å². The number of thioether (sulfide) groups is 1. The number of hydrogen-bond acceptors (Lipinski definition) is 4. The summed E-state index contributed by atoms with van der Waals surface area (Å²) in [7, 11) is 1.97. The molecular weight excluding hydrogens is 208 g/mol. The van der Waals surface area contributed by atoms with Crippen molar-refractivity contribution < 1.29 is 4.74 Å². The smallest absolute Gasteiger partial charge is 0.101 e. The van der Waals surface area contributed by atoms with Gasteiger partial charge in [0.1, 0.15) is 5.03 Å². The van der Waals surface area contributed by atoms with E-state index in [1.807, 2.05) is 31.1 Å². The van der Waals surface area contributed by atoms with Crippen LogP contribution in [0.2, 0.25) is 0 Å². The van der Waals surface area contributed by atoms with Gasteiger partial charge in [-0.1, -0.05) is 17.8 Å². The summed E-state index contributed by atoms with van der Waals surface area (Å²) in [4.78, 5) is 4.44. The summed E-state index contributed by atoms with van der Waals surface area (Å²) in [5.41, 5.74) is 1.27. The Morgan fingerprint density at radius 1 is 1.60 bits per heavy atom. The van der Waals surface area contributed by atoms with E-state index < -0.39 is 0 Å². The molecule has 2 rings (SSSR count). The zero-order chi connectivity index (χ0) is 10.7. The van der Waals surface area contributed by atoms with Gasteiger partial charge in [0.05, 0.1) is 18.5 Å². The summed E-state index contributed by atoms with van der Waals surface area (Å²) in [5.74, 6) is 0. The second-order valence-corrected chi connectivity index (χ2v) is 4.97. The summed E-state index contributed by atoms with van der Waals surface area (Å²) >= 11 is 1.82. The van der Waals surface area contributed by atoms with E-state index in [2.05, 4.69) is 23.3 Å². The standard InChI is InChI=1S/C11H16N2OS/c1-8(12-2)10-4-3-5-13-11(10)15-9-6-14-7-9/h3-5,8-9,12H,6-7H2,1-2H3. The fourth-order valence-corrected chi connectivity index (χ4v) is 2.57. The molecule has 1 saturated heterocycles. The van der Waals surface area contributed by atoms with Gasteiger partial charge in [0, 0.05) is 17.8 Å². The molecule has 1 atom stereocenters. The summed E-state index contributed by atoms with van der Waals surface area (Å²) < 4.78 is 5.17. The van der Waals surface area contributed by atoms with Gasteiger partial charge in [0.2, 0.25) is 0 Å². The third kappa shape index (κ3) is 2.51. The van der Waals surface area contributed by atoms with Gasteiger partial charge in [-0.05, 0) is 20.0 Å². The molecule has 1 aliphatic heterocycles. The van der Waals surface area contributed by atoms with E-state index in [0.29, 0.717) is 11.3 Å². The molecule has 1 aliphatic rings. The highest BCUT2D eigenvalue weighted by molar-refractivity contribution is 8.00. The molecule has 0 spiro atoms. The van der Waals surface area contributed by atoms with E-state index in [4.69, 9.17) is 4.74 Å². The zero-order valence-corrected chi connectivity index (χ0v) is 9.88. The Morgan fingerprint density at radius 3 is 3.00 bits per heavy atom. The minimum Gasteiger partial charge on any atom is -0.379 e. The molecule has 0 aromatic carbocycles. The molecule has 1 aromatic rings. The largest absolute Gasteiger partial charge is 0.379 e. The zero-order valence-electron chi connectivity index (χ0n) is 9.06. The van der Waals surface area contributed by atoms with Crippen molar-refractivity contribution in [2.24, 2.45) is 0 Å². The van der Waals surface area contributed by atoms with Crippen molar-refractivity contribution in [1.82, 2.24) is 10.3 Å². The van der Waals surface area contributed by atoms with Crippen molar-refractivity contribution >= 4 is 11.8 Å². The second kappa shape index (κ2) is 4.96. The summed E-state index contributed by atoms with van der Waals surface area (Å²) in [6, 6.07) is 4.47. The monoisotopic (exact) mass is 224 g/mol. The van der Waals surface area contributed by atoms with E-state index in [1.165, 1.54) is 5.56 Å². The first-order chi connectivity index (χ1) is 7.31. The lowest BCUT2D eigenvalue weighted by Crippen LogP contribution is -2.30. The molecule has 1 N–H and O–H groups in total. The quantitative estimate of drug-likeness (QED) is 0.846. The Kier molecular flexibility index (Phi) is 3.61. The molecule has 0 aliphatic carbocycles. The maximum atomic E-state index is 5.17. The molecule has 0 saturated carbocycles. The van der Waals surface area contributed by atoms with E-state index in [0.717, 1.165) is 18.2 Å². The lowest BCUT2D eigenvalue weighted by atomic mass is 10.1. The van der Waals surface area contributed by atoms with E-state index >= 15 is 0 Å². The van der Waals surface area contributed by atoms with Crippen LogP contribution in [0.1, 0.15) is 18.5 Å². The minimum atomic E-state index is 0.349. The van der Waals surface area contributed by atoms with E-state index in [9.17, 15) is 0 Å². The van der Waals surface area contributed by atoms with Crippen molar-refractivity contribution in [3.8, 4) is 0 Å². The van der Waals surface area contributed by atoms with Crippen LogP contribution < -0.4 is 5.32 Å². The number of rotatable bonds is 4. The van der Waals surface area contributed by atoms with Crippen LogP contribution in [0.15, 0.2) is 23.4 Å². The summed E-state index contributed by atoms with van der Waals surface area (Å²) in [5, 5.41) is 4.96. The van der Waals surface area contributed by atoms with Gasteiger partial charge in [-0.3, -0.25) is 0 Å². The van der Waals surface area contributed by atoms with Gasteiger partial charge in [-0.25, -0.2) is 4.98 Å². The fourth-order valence-electron chi connectivity index (χ4n) is 1.43. The average molecular weight is 224 g/mol. The van der Waals surface area contributed by atoms with Gasteiger partial charge in [-0.15, -0.1) is 0 Å². The van der Waals surface area contributed by atoms with Gasteiger partial charge in [0.15, 0.2) is 0 Å². The Hall–Kier alpha value is -0.580. The number of ether oxygens (including phenoxy) is 1. The van der Waals surface area contributed by atoms with Crippen molar-refractivity contribution in [3.63, 3.8) is 0 Å². The first-order valence-corrected chi connectivity index (χ1v) is 6.06. The first-order valence-electron chi connectivity index (χ1n) is 5.18. The lowest BCUT2D eigenvalue weighted by molar-refractivity contribution is 0.0454. The van der Waals surface area contributed by atoms with Crippen LogP contribution in [-0.2, 0) is 4.74 Å². The average Bonchev–Trinajstić information content (AvgIpc) is 2.23. The number of nitrogens with one attached hydrogen (secondary N) is 1. The Bertz CT molecular complexity index is 328. The molecule has 2 heterocycles. The highest BCUT2D eigenvalue weighted by Gasteiger charge is 2.22. The maximum Gasteiger partial charge on any atom is 0.101 e. The van der Waals surface area contributed by atoms with Crippen molar-refractivity contribution in [3.05, 3.63) is 23.9 Å². The van der Waals surface area contributed by atoms with Crippen LogP contribution in [0.3, 0.4) is 0 Å². The lowest BCUT2D eigenvalue weighted by Gasteiger charge is -2.26. The molecule has 4 heteroatoms. The Labute approximate surface area is 94.6 Å². The number of nitrogens with zero attached hydrogens (tertiary/aromatic N) is 1. The van der Waals surface area contributed by atoms with Gasteiger partial charge in [-0.2, -0.15) is 0 Å². The molecule has 1 aromatic heterocycles. The molecule has 0 radical (unpaired) electrons. The van der Waals surface area contributed by atoms with Crippen LogP contribution in [-0.4, -0.2) is 30.5 Å². The number of aromatic nitrogens is 1. The van der Waals surface area contributed by atoms with Crippen LogP contribution in [0.4, 0.5) is 0 Å². The second-order valence-electron chi connectivity index (χ2n) is 3.69. The Balaban J connectivity index is 2.13. The summed E-state index contributed by atoms with van der Waals surface area (Å²) in [6.07, 6.45) is 1.85. The predicted molar refractivity (Wildman–Crippen MR) is 62.2 cm³/mol. The molecule has 1 fully saturated rings. The number of pyridine rings is 1. The fraction of sp³-hybridized carbons (Fsp3) is 0.545. The normalized spacial score (nSPS) is 18.5. The highest BCUT2D eigenvalue weighted by Crippen LogP contribution is 2.31. The molecule has 15 heavy (non-hydrogen) atoms. The van der Waals surface area contributed by atoms with Gasteiger partial charge < -0.3 is 10.1 Å². The molecule has 0 amide bonds. The maximum absolute atomic E-state index is 5.17. The van der Waals surface area contributed by atoms with E-state index in [1.54, 1.807) is 0 Å². The van der Waals surface area contributed by atoms with Crippen LogP contribution >= 0.6 is 11.8 Å². The molecule has 1 unspecified atom stereocenters. The Morgan fingerprint density at radius 2 is 2.40 bits per heavy atom. The SMILES string of the molecule is CNC(C)c1cccnc1SC1COC1. The van der Waals surface area contributed by atoms with E-state index in [-0.39, 0.29) is 0 Å². The highest BCUT2D eigenvalue weighted by atomic mass is 32.2. The van der Waals surface area contributed by atoms with Gasteiger partial charge >= 0.3 is 0 Å². The third-order valence-corrected chi connectivity index (χ3v) is 3.76. The van der Waals surface area contributed by atoms with Crippen LogP contribution in [0.25, 0.3) is 0 Å².